The fourth-order valence-electron chi connectivity index (χ4n) is 2.30. The zero-order valence-corrected chi connectivity index (χ0v) is 13.2. The Morgan fingerprint density at radius 1 is 1.26 bits per heavy atom. The third kappa shape index (κ3) is 3.24. The van der Waals surface area contributed by atoms with E-state index >= 15 is 0 Å². The number of fused-ring (bicyclic) bond motifs is 1. The first-order valence-electron chi connectivity index (χ1n) is 7.05. The molecule has 0 unspecified atom stereocenters. The summed E-state index contributed by atoms with van der Waals surface area (Å²) in [5, 5.41) is 3.74. The summed E-state index contributed by atoms with van der Waals surface area (Å²) in [5.74, 6) is -0.281. The van der Waals surface area contributed by atoms with E-state index in [4.69, 9.17) is 11.6 Å². The molecule has 0 aliphatic carbocycles. The zero-order valence-electron chi connectivity index (χ0n) is 12.4. The van der Waals surface area contributed by atoms with Crippen LogP contribution in [-0.2, 0) is 11.3 Å². The Kier molecular flexibility index (Phi) is 4.12. The second-order valence-electron chi connectivity index (χ2n) is 5.20. The molecule has 5 nitrogen and oxygen atoms in total. The van der Waals surface area contributed by atoms with E-state index < -0.39 is 0 Å². The number of nitrogens with zero attached hydrogens (tertiary/aromatic N) is 2. The summed E-state index contributed by atoms with van der Waals surface area (Å²) in [5.41, 5.74) is 1.93. The third-order valence-corrected chi connectivity index (χ3v) is 3.76. The molecule has 1 heterocycles. The van der Waals surface area contributed by atoms with E-state index in [0.29, 0.717) is 15.9 Å². The van der Waals surface area contributed by atoms with Crippen LogP contribution in [0.4, 0.5) is 5.69 Å². The van der Waals surface area contributed by atoms with Crippen LogP contribution in [0.5, 0.6) is 0 Å². The molecular formula is C17H14ClN3O2. The Morgan fingerprint density at radius 2 is 2.04 bits per heavy atom. The highest BCUT2D eigenvalue weighted by atomic mass is 35.5. The van der Waals surface area contributed by atoms with Crippen LogP contribution < -0.4 is 10.9 Å². The molecule has 23 heavy (non-hydrogen) atoms. The molecule has 0 saturated heterocycles. The van der Waals surface area contributed by atoms with Crippen molar-refractivity contribution >= 4 is 34.1 Å². The average molecular weight is 328 g/mol. The lowest BCUT2D eigenvalue weighted by Crippen LogP contribution is -2.28. The summed E-state index contributed by atoms with van der Waals surface area (Å²) in [6.07, 6.45) is 1.36. The maximum Gasteiger partial charge on any atom is 0.261 e. The van der Waals surface area contributed by atoms with Crippen LogP contribution in [0, 0.1) is 6.92 Å². The number of hydrogen-bond acceptors (Lipinski definition) is 3. The van der Waals surface area contributed by atoms with Gasteiger partial charge in [-0.2, -0.15) is 0 Å². The summed E-state index contributed by atoms with van der Waals surface area (Å²) in [7, 11) is 0. The molecule has 3 aromatic rings. The minimum absolute atomic E-state index is 0.0985. The van der Waals surface area contributed by atoms with Gasteiger partial charge < -0.3 is 5.32 Å². The van der Waals surface area contributed by atoms with Crippen molar-refractivity contribution in [3.63, 3.8) is 0 Å². The molecule has 1 aromatic heterocycles. The molecular weight excluding hydrogens is 314 g/mol. The molecule has 0 radical (unpaired) electrons. The maximum absolute atomic E-state index is 12.4. The largest absolute Gasteiger partial charge is 0.324 e. The fourth-order valence-corrected chi connectivity index (χ4v) is 2.47. The number of carbonyl (C=O) groups excluding carboxylic acids is 1. The van der Waals surface area contributed by atoms with Crippen LogP contribution in [-0.4, -0.2) is 15.5 Å². The van der Waals surface area contributed by atoms with Crippen LogP contribution in [0.1, 0.15) is 5.56 Å². The average Bonchev–Trinajstić information content (AvgIpc) is 2.52. The lowest BCUT2D eigenvalue weighted by molar-refractivity contribution is -0.116. The number of halogens is 1. The van der Waals surface area contributed by atoms with Crippen LogP contribution in [0.25, 0.3) is 10.9 Å². The van der Waals surface area contributed by atoms with Crippen molar-refractivity contribution < 1.29 is 4.79 Å². The Hall–Kier alpha value is -2.66. The molecule has 0 saturated carbocycles. The maximum atomic E-state index is 12.4. The number of anilines is 1. The van der Waals surface area contributed by atoms with Gasteiger partial charge in [0.05, 0.1) is 17.2 Å². The Morgan fingerprint density at radius 3 is 2.83 bits per heavy atom. The van der Waals surface area contributed by atoms with E-state index in [9.17, 15) is 9.59 Å². The van der Waals surface area contributed by atoms with Crippen molar-refractivity contribution in [3.05, 3.63) is 69.7 Å². The van der Waals surface area contributed by atoms with E-state index in [2.05, 4.69) is 10.3 Å². The van der Waals surface area contributed by atoms with E-state index in [0.717, 1.165) is 11.3 Å². The van der Waals surface area contributed by atoms with Gasteiger partial charge in [-0.3, -0.25) is 14.2 Å². The number of aryl methyl sites for hydroxylation is 1. The number of carbonyl (C=O) groups is 1. The van der Waals surface area contributed by atoms with Crippen LogP contribution >= 0.6 is 11.6 Å². The molecule has 3 rings (SSSR count). The first-order valence-corrected chi connectivity index (χ1v) is 7.42. The van der Waals surface area contributed by atoms with Crippen LogP contribution in [0.2, 0.25) is 5.02 Å². The van der Waals surface area contributed by atoms with E-state index in [-0.39, 0.29) is 18.0 Å². The van der Waals surface area contributed by atoms with Gasteiger partial charge in [-0.25, -0.2) is 4.98 Å². The number of para-hydroxylation sites is 1. The molecule has 116 valence electrons. The quantitative estimate of drug-likeness (QED) is 0.804. The summed E-state index contributed by atoms with van der Waals surface area (Å²) >= 11 is 5.89. The third-order valence-electron chi connectivity index (χ3n) is 3.52. The number of nitrogens with one attached hydrogen (secondary N) is 1. The Bertz CT molecular complexity index is 950. The lowest BCUT2D eigenvalue weighted by Gasteiger charge is -2.09. The molecule has 6 heteroatoms. The minimum atomic E-state index is -0.281. The molecule has 0 aliphatic heterocycles. The SMILES string of the molecule is Cc1ccccc1NC(=O)Cn1cnc2cc(Cl)ccc2c1=O. The number of amides is 1. The van der Waals surface area contributed by atoms with E-state index in [1.54, 1.807) is 18.2 Å². The van der Waals surface area contributed by atoms with E-state index in [1.165, 1.54) is 10.9 Å². The molecule has 1 N–H and O–H groups in total. The van der Waals surface area contributed by atoms with Gasteiger partial charge in [0.1, 0.15) is 6.54 Å². The van der Waals surface area contributed by atoms with Gasteiger partial charge in [-0.1, -0.05) is 29.8 Å². The molecule has 0 spiro atoms. The number of rotatable bonds is 3. The van der Waals surface area contributed by atoms with Crippen molar-refractivity contribution in [1.29, 1.82) is 0 Å². The summed E-state index contributed by atoms with van der Waals surface area (Å²) < 4.78 is 1.28. The van der Waals surface area contributed by atoms with Gasteiger partial charge in [0, 0.05) is 10.7 Å². The summed E-state index contributed by atoms with van der Waals surface area (Å²) in [6.45, 7) is 1.81. The monoisotopic (exact) mass is 327 g/mol. The first-order chi connectivity index (χ1) is 11.0. The molecule has 0 fully saturated rings. The number of benzene rings is 2. The van der Waals surface area contributed by atoms with Gasteiger partial charge in [0.2, 0.25) is 5.91 Å². The molecule has 1 amide bonds. The fraction of sp³-hybridized carbons (Fsp3) is 0.118. The van der Waals surface area contributed by atoms with E-state index in [1.807, 2.05) is 31.2 Å². The Balaban J connectivity index is 1.85. The lowest BCUT2D eigenvalue weighted by atomic mass is 10.2. The van der Waals surface area contributed by atoms with Gasteiger partial charge in [-0.15, -0.1) is 0 Å². The number of aromatic nitrogens is 2. The van der Waals surface area contributed by atoms with Crippen molar-refractivity contribution in [1.82, 2.24) is 9.55 Å². The molecule has 0 atom stereocenters. The standard InChI is InChI=1S/C17H14ClN3O2/c1-11-4-2-3-5-14(11)20-16(22)9-21-10-19-15-8-12(18)6-7-13(15)17(21)23/h2-8,10H,9H2,1H3,(H,20,22). The van der Waals surface area contributed by atoms with Gasteiger partial charge in [-0.05, 0) is 36.8 Å². The predicted molar refractivity (Wildman–Crippen MR) is 90.8 cm³/mol. The van der Waals surface area contributed by atoms with Crippen molar-refractivity contribution in [2.75, 3.05) is 5.32 Å². The Labute approximate surface area is 137 Å². The second-order valence-corrected chi connectivity index (χ2v) is 5.64. The molecule has 0 aliphatic rings. The predicted octanol–water partition coefficient (Wildman–Crippen LogP) is 3.00. The van der Waals surface area contributed by atoms with Gasteiger partial charge in [0.25, 0.3) is 5.56 Å². The highest BCUT2D eigenvalue weighted by Gasteiger charge is 2.09. The number of hydrogen-bond donors (Lipinski definition) is 1. The second kappa shape index (κ2) is 6.22. The highest BCUT2D eigenvalue weighted by Crippen LogP contribution is 2.15. The summed E-state index contributed by atoms with van der Waals surface area (Å²) in [4.78, 5) is 28.7. The summed E-state index contributed by atoms with van der Waals surface area (Å²) in [6, 6.07) is 12.3. The minimum Gasteiger partial charge on any atom is -0.324 e. The normalized spacial score (nSPS) is 10.7. The van der Waals surface area contributed by atoms with Crippen molar-refractivity contribution in [2.45, 2.75) is 13.5 Å². The van der Waals surface area contributed by atoms with Crippen molar-refractivity contribution in [2.24, 2.45) is 0 Å². The van der Waals surface area contributed by atoms with Gasteiger partial charge in [0.15, 0.2) is 0 Å². The molecule has 0 bridgehead atoms. The highest BCUT2D eigenvalue weighted by molar-refractivity contribution is 6.31. The van der Waals surface area contributed by atoms with Gasteiger partial charge >= 0.3 is 0 Å². The smallest absolute Gasteiger partial charge is 0.261 e. The molecule has 2 aromatic carbocycles. The van der Waals surface area contributed by atoms with Crippen LogP contribution in [0.3, 0.4) is 0 Å². The van der Waals surface area contributed by atoms with Crippen LogP contribution in [0.15, 0.2) is 53.6 Å². The first kappa shape index (κ1) is 15.2. The zero-order chi connectivity index (χ0) is 16.4. The van der Waals surface area contributed by atoms with Crippen molar-refractivity contribution in [3.8, 4) is 0 Å². The topological polar surface area (TPSA) is 64.0 Å².